The van der Waals surface area contributed by atoms with E-state index in [9.17, 15) is 10.1 Å². The summed E-state index contributed by atoms with van der Waals surface area (Å²) in [5.41, 5.74) is 2.19. The topological polar surface area (TPSA) is 71.3 Å². The second kappa shape index (κ2) is 11.5. The van der Waals surface area contributed by atoms with Crippen molar-refractivity contribution in [3.63, 3.8) is 0 Å². The number of hydrogen-bond acceptors (Lipinski definition) is 4. The third kappa shape index (κ3) is 6.59. The van der Waals surface area contributed by atoms with Crippen molar-refractivity contribution in [2.45, 2.75) is 6.61 Å². The standard InChI is InChI=1S/C26H21BrN2O3/c1-2-14-31-25-13-8-22(27)16-20(25)15-21(17-28)26(30)29-23-9-11-24(12-10-23)32-18-19-6-4-3-5-7-19/h2-13,15-16H,1,14,18H2,(H,29,30)/b21-15+. The number of benzene rings is 3. The van der Waals surface area contributed by atoms with Gasteiger partial charge in [-0.15, -0.1) is 0 Å². The highest BCUT2D eigenvalue weighted by atomic mass is 79.9. The van der Waals surface area contributed by atoms with Crippen LogP contribution in [0.2, 0.25) is 0 Å². The van der Waals surface area contributed by atoms with Crippen LogP contribution in [0.3, 0.4) is 0 Å². The van der Waals surface area contributed by atoms with Gasteiger partial charge in [0.25, 0.3) is 5.91 Å². The van der Waals surface area contributed by atoms with Crippen molar-refractivity contribution in [3.8, 4) is 17.6 Å². The average molecular weight is 489 g/mol. The summed E-state index contributed by atoms with van der Waals surface area (Å²) >= 11 is 3.40. The van der Waals surface area contributed by atoms with Gasteiger partial charge >= 0.3 is 0 Å². The summed E-state index contributed by atoms with van der Waals surface area (Å²) in [6, 6.07) is 24.2. The van der Waals surface area contributed by atoms with E-state index in [1.54, 1.807) is 42.5 Å². The zero-order valence-electron chi connectivity index (χ0n) is 17.3. The van der Waals surface area contributed by atoms with Gasteiger partial charge in [0.1, 0.15) is 36.4 Å². The molecule has 3 aromatic carbocycles. The van der Waals surface area contributed by atoms with Gasteiger partial charge in [0, 0.05) is 15.7 Å². The predicted molar refractivity (Wildman–Crippen MR) is 129 cm³/mol. The van der Waals surface area contributed by atoms with Crippen molar-refractivity contribution in [2.24, 2.45) is 0 Å². The van der Waals surface area contributed by atoms with Crippen LogP contribution < -0.4 is 14.8 Å². The van der Waals surface area contributed by atoms with Crippen LogP contribution in [-0.4, -0.2) is 12.5 Å². The van der Waals surface area contributed by atoms with Crippen LogP contribution in [-0.2, 0) is 11.4 Å². The summed E-state index contributed by atoms with van der Waals surface area (Å²) < 4.78 is 12.2. The molecule has 3 aromatic rings. The van der Waals surface area contributed by atoms with Crippen LogP contribution in [0, 0.1) is 11.3 Å². The fourth-order valence-corrected chi connectivity index (χ4v) is 3.17. The minimum Gasteiger partial charge on any atom is -0.489 e. The van der Waals surface area contributed by atoms with Crippen LogP contribution in [0.25, 0.3) is 6.08 Å². The van der Waals surface area contributed by atoms with Crippen LogP contribution in [0.5, 0.6) is 11.5 Å². The molecule has 0 saturated heterocycles. The molecule has 0 bridgehead atoms. The molecule has 0 fully saturated rings. The van der Waals surface area contributed by atoms with Crippen molar-refractivity contribution < 1.29 is 14.3 Å². The molecule has 0 aliphatic rings. The molecule has 1 amide bonds. The molecule has 1 N–H and O–H groups in total. The number of rotatable bonds is 9. The predicted octanol–water partition coefficient (Wildman–Crippen LogP) is 6.14. The molecule has 160 valence electrons. The number of carbonyl (C=O) groups excluding carboxylic acids is 1. The van der Waals surface area contributed by atoms with E-state index in [1.165, 1.54) is 6.08 Å². The van der Waals surface area contributed by atoms with E-state index < -0.39 is 5.91 Å². The van der Waals surface area contributed by atoms with Gasteiger partial charge in [0.2, 0.25) is 0 Å². The van der Waals surface area contributed by atoms with E-state index in [0.29, 0.717) is 36.0 Å². The van der Waals surface area contributed by atoms with Gasteiger partial charge in [-0.3, -0.25) is 4.79 Å². The Morgan fingerprint density at radius 1 is 1.06 bits per heavy atom. The number of carbonyl (C=O) groups is 1. The van der Waals surface area contributed by atoms with Crippen molar-refractivity contribution in [1.82, 2.24) is 0 Å². The molecule has 0 aliphatic carbocycles. The lowest BCUT2D eigenvalue weighted by atomic mass is 10.1. The molecular formula is C26H21BrN2O3. The van der Waals surface area contributed by atoms with E-state index in [2.05, 4.69) is 27.8 Å². The third-order valence-corrected chi connectivity index (χ3v) is 4.85. The molecule has 5 nitrogen and oxygen atoms in total. The number of halogens is 1. The van der Waals surface area contributed by atoms with Gasteiger partial charge in [-0.25, -0.2) is 0 Å². The molecule has 0 spiro atoms. The van der Waals surface area contributed by atoms with E-state index in [-0.39, 0.29) is 5.57 Å². The minimum atomic E-state index is -0.514. The normalized spacial score (nSPS) is 10.7. The van der Waals surface area contributed by atoms with Gasteiger partial charge in [-0.2, -0.15) is 5.26 Å². The van der Waals surface area contributed by atoms with Gasteiger partial charge in [-0.05, 0) is 54.1 Å². The van der Waals surface area contributed by atoms with Crippen LogP contribution in [0.1, 0.15) is 11.1 Å². The Morgan fingerprint density at radius 2 is 1.81 bits per heavy atom. The molecule has 32 heavy (non-hydrogen) atoms. The monoisotopic (exact) mass is 488 g/mol. The Hall–Kier alpha value is -3.82. The van der Waals surface area contributed by atoms with Crippen molar-refractivity contribution in [2.75, 3.05) is 11.9 Å². The van der Waals surface area contributed by atoms with Crippen molar-refractivity contribution in [3.05, 3.63) is 107 Å². The molecule has 0 radical (unpaired) electrons. The Morgan fingerprint density at radius 3 is 2.50 bits per heavy atom. The lowest BCUT2D eigenvalue weighted by Gasteiger charge is -2.10. The first-order valence-corrected chi connectivity index (χ1v) is 10.6. The minimum absolute atomic E-state index is 0.0454. The average Bonchev–Trinajstić information content (AvgIpc) is 2.82. The maximum Gasteiger partial charge on any atom is 0.266 e. The molecule has 0 aromatic heterocycles. The summed E-state index contributed by atoms with van der Waals surface area (Å²) in [7, 11) is 0. The SMILES string of the molecule is C=CCOc1ccc(Br)cc1/C=C(\C#N)C(=O)Nc1ccc(OCc2ccccc2)cc1. The zero-order valence-corrected chi connectivity index (χ0v) is 18.8. The first-order valence-electron chi connectivity index (χ1n) is 9.82. The summed E-state index contributed by atoms with van der Waals surface area (Å²) in [4.78, 5) is 12.7. The molecular weight excluding hydrogens is 468 g/mol. The lowest BCUT2D eigenvalue weighted by Crippen LogP contribution is -2.13. The highest BCUT2D eigenvalue weighted by molar-refractivity contribution is 9.10. The number of anilines is 1. The van der Waals surface area contributed by atoms with E-state index >= 15 is 0 Å². The van der Waals surface area contributed by atoms with Crippen molar-refractivity contribution >= 4 is 33.6 Å². The maximum atomic E-state index is 12.7. The number of ether oxygens (including phenoxy) is 2. The summed E-state index contributed by atoms with van der Waals surface area (Å²) in [6.45, 7) is 4.40. The molecule has 6 heteroatoms. The number of nitrogens with zero attached hydrogens (tertiary/aromatic N) is 1. The molecule has 3 rings (SSSR count). The second-order valence-electron chi connectivity index (χ2n) is 6.70. The number of nitrogens with one attached hydrogen (secondary N) is 1. The Labute approximate surface area is 195 Å². The third-order valence-electron chi connectivity index (χ3n) is 4.35. The molecule has 0 atom stereocenters. The number of hydrogen-bond donors (Lipinski definition) is 1. The van der Waals surface area contributed by atoms with E-state index in [1.807, 2.05) is 42.5 Å². The Kier molecular flexibility index (Phi) is 8.24. The second-order valence-corrected chi connectivity index (χ2v) is 7.62. The quantitative estimate of drug-likeness (QED) is 0.223. The van der Waals surface area contributed by atoms with E-state index in [0.717, 1.165) is 10.0 Å². The first-order chi connectivity index (χ1) is 15.6. The first kappa shape index (κ1) is 22.9. The number of nitriles is 1. The van der Waals surface area contributed by atoms with Gasteiger partial charge in [0.15, 0.2) is 0 Å². The highest BCUT2D eigenvalue weighted by Crippen LogP contribution is 2.26. The van der Waals surface area contributed by atoms with E-state index in [4.69, 9.17) is 9.47 Å². The Balaban J connectivity index is 1.68. The smallest absolute Gasteiger partial charge is 0.266 e. The van der Waals surface area contributed by atoms with Crippen LogP contribution >= 0.6 is 15.9 Å². The van der Waals surface area contributed by atoms with Gasteiger partial charge in [-0.1, -0.05) is 58.9 Å². The largest absolute Gasteiger partial charge is 0.489 e. The van der Waals surface area contributed by atoms with Crippen LogP contribution in [0.15, 0.2) is 95.5 Å². The highest BCUT2D eigenvalue weighted by Gasteiger charge is 2.12. The molecule has 0 aliphatic heterocycles. The summed E-state index contributed by atoms with van der Waals surface area (Å²) in [5.74, 6) is 0.717. The van der Waals surface area contributed by atoms with Crippen molar-refractivity contribution in [1.29, 1.82) is 5.26 Å². The van der Waals surface area contributed by atoms with Gasteiger partial charge < -0.3 is 14.8 Å². The molecule has 0 saturated carbocycles. The number of amides is 1. The molecule has 0 heterocycles. The fraction of sp³-hybridized carbons (Fsp3) is 0.0769. The lowest BCUT2D eigenvalue weighted by molar-refractivity contribution is -0.112. The zero-order chi connectivity index (χ0) is 22.8. The van der Waals surface area contributed by atoms with Gasteiger partial charge in [0.05, 0.1) is 0 Å². The Bertz CT molecular complexity index is 1150. The fourth-order valence-electron chi connectivity index (χ4n) is 2.79. The summed E-state index contributed by atoms with van der Waals surface area (Å²) in [5, 5.41) is 12.3. The summed E-state index contributed by atoms with van der Waals surface area (Å²) in [6.07, 6.45) is 3.12. The van der Waals surface area contributed by atoms with Crippen LogP contribution in [0.4, 0.5) is 5.69 Å². The molecule has 0 unspecified atom stereocenters. The maximum absolute atomic E-state index is 12.7.